The van der Waals surface area contributed by atoms with Gasteiger partial charge in [0.15, 0.2) is 17.5 Å². The highest BCUT2D eigenvalue weighted by atomic mass is 15.0. The summed E-state index contributed by atoms with van der Waals surface area (Å²) in [5.74, 6) is 1.73. The first-order valence-electron chi connectivity index (χ1n) is 18.7. The molecule has 0 atom stereocenters. The summed E-state index contributed by atoms with van der Waals surface area (Å²) in [7, 11) is 0. The minimum atomic E-state index is 0.552. The van der Waals surface area contributed by atoms with Crippen molar-refractivity contribution in [2.45, 2.75) is 0 Å². The molecule has 4 nitrogen and oxygen atoms in total. The van der Waals surface area contributed by atoms with Crippen LogP contribution in [0.5, 0.6) is 0 Å². The van der Waals surface area contributed by atoms with Gasteiger partial charge in [0.2, 0.25) is 0 Å². The largest absolute Gasteiger partial charge is 0.208 e. The zero-order valence-corrected chi connectivity index (χ0v) is 30.3. The summed E-state index contributed by atoms with van der Waals surface area (Å²) in [5, 5.41) is 16.4. The molecule has 1 heterocycles. The van der Waals surface area contributed by atoms with E-state index in [1.807, 2.05) is 42.5 Å². The van der Waals surface area contributed by atoms with Crippen molar-refractivity contribution in [2.24, 2.45) is 0 Å². The molecule has 0 N–H and O–H groups in total. The van der Waals surface area contributed by atoms with Gasteiger partial charge in [-0.05, 0) is 96.0 Å². The average molecular weight is 713 g/mol. The van der Waals surface area contributed by atoms with Crippen molar-refractivity contribution >= 4 is 32.3 Å². The van der Waals surface area contributed by atoms with E-state index in [4.69, 9.17) is 15.0 Å². The summed E-state index contributed by atoms with van der Waals surface area (Å²) in [6.45, 7) is 0. The summed E-state index contributed by atoms with van der Waals surface area (Å²) < 4.78 is 0. The van der Waals surface area contributed by atoms with Crippen molar-refractivity contribution in [3.8, 4) is 73.6 Å². The number of hydrogen-bond acceptors (Lipinski definition) is 4. The monoisotopic (exact) mass is 712 g/mol. The van der Waals surface area contributed by atoms with Crippen LogP contribution in [0.1, 0.15) is 5.56 Å². The number of nitrogens with zero attached hydrogens (tertiary/aromatic N) is 4. The van der Waals surface area contributed by atoms with Crippen LogP contribution >= 0.6 is 0 Å². The number of aromatic nitrogens is 3. The fourth-order valence-corrected chi connectivity index (χ4v) is 7.94. The van der Waals surface area contributed by atoms with Gasteiger partial charge in [-0.1, -0.05) is 164 Å². The number of hydrogen-bond donors (Lipinski definition) is 0. The maximum absolute atomic E-state index is 9.43. The van der Waals surface area contributed by atoms with Crippen LogP contribution in [0.4, 0.5) is 0 Å². The topological polar surface area (TPSA) is 62.5 Å². The molecule has 10 rings (SSSR count). The molecule has 0 fully saturated rings. The Morgan fingerprint density at radius 2 is 0.661 bits per heavy atom. The van der Waals surface area contributed by atoms with Gasteiger partial charge in [0.1, 0.15) is 0 Å². The first-order chi connectivity index (χ1) is 27.7. The Balaban J connectivity index is 1.18. The third-order valence-corrected chi connectivity index (χ3v) is 10.6. The van der Waals surface area contributed by atoms with E-state index in [0.29, 0.717) is 23.0 Å². The van der Waals surface area contributed by atoms with E-state index in [1.165, 1.54) is 49.4 Å². The van der Waals surface area contributed by atoms with Crippen molar-refractivity contribution in [3.05, 3.63) is 200 Å². The molecule has 0 aliphatic rings. The molecule has 10 aromatic rings. The van der Waals surface area contributed by atoms with E-state index < -0.39 is 0 Å². The zero-order valence-electron chi connectivity index (χ0n) is 30.3. The number of fused-ring (bicyclic) bond motifs is 3. The number of benzene rings is 9. The Kier molecular flexibility index (Phi) is 8.17. The average Bonchev–Trinajstić information content (AvgIpc) is 3.28. The smallest absolute Gasteiger partial charge is 0.164 e. The quantitative estimate of drug-likeness (QED) is 0.161. The normalized spacial score (nSPS) is 11.2. The van der Waals surface area contributed by atoms with E-state index >= 15 is 0 Å². The molecule has 4 heteroatoms. The predicted octanol–water partition coefficient (Wildman–Crippen LogP) is 13.2. The standard InChI is InChI=1S/C52H32N4/c53-33-34-23-25-39(26-24-34)51-54-50(38-15-5-2-6-16-38)55-52(56-51)47-32-31-46(40-17-7-8-18-41(40)47)49-44-21-11-9-19-42(44)48(43-20-10-12-22-45(43)49)37-29-27-36(28-30-37)35-13-3-1-4-14-35/h1-32H. The predicted molar refractivity (Wildman–Crippen MR) is 230 cm³/mol. The van der Waals surface area contributed by atoms with E-state index in [9.17, 15) is 5.26 Å². The van der Waals surface area contributed by atoms with Crippen molar-refractivity contribution in [1.82, 2.24) is 15.0 Å². The van der Waals surface area contributed by atoms with Crippen molar-refractivity contribution in [3.63, 3.8) is 0 Å². The third kappa shape index (κ3) is 5.76. The molecule has 260 valence electrons. The van der Waals surface area contributed by atoms with Gasteiger partial charge in [-0.3, -0.25) is 0 Å². The summed E-state index contributed by atoms with van der Waals surface area (Å²) in [5.41, 5.74) is 10.4. The van der Waals surface area contributed by atoms with Crippen molar-refractivity contribution in [1.29, 1.82) is 5.26 Å². The summed E-state index contributed by atoms with van der Waals surface area (Å²) in [4.78, 5) is 15.1. The second kappa shape index (κ2) is 13.9. The minimum Gasteiger partial charge on any atom is -0.208 e. The SMILES string of the molecule is N#Cc1ccc(-c2nc(-c3ccccc3)nc(-c3ccc(-c4c5ccccc5c(-c5ccc(-c6ccccc6)cc5)c5ccccc45)c4ccccc34)n2)cc1. The van der Waals surface area contributed by atoms with Crippen LogP contribution in [0.25, 0.3) is 99.9 Å². The lowest BCUT2D eigenvalue weighted by atomic mass is 9.84. The van der Waals surface area contributed by atoms with Crippen LogP contribution in [0, 0.1) is 11.3 Å². The van der Waals surface area contributed by atoms with E-state index in [-0.39, 0.29) is 0 Å². The third-order valence-electron chi connectivity index (χ3n) is 10.6. The first kappa shape index (κ1) is 32.9. The maximum atomic E-state index is 9.43. The van der Waals surface area contributed by atoms with Crippen LogP contribution in [-0.4, -0.2) is 15.0 Å². The Morgan fingerprint density at radius 1 is 0.286 bits per heavy atom. The molecule has 9 aromatic carbocycles. The van der Waals surface area contributed by atoms with Gasteiger partial charge in [0, 0.05) is 16.7 Å². The van der Waals surface area contributed by atoms with E-state index in [1.54, 1.807) is 12.1 Å². The van der Waals surface area contributed by atoms with Gasteiger partial charge in [0.05, 0.1) is 11.6 Å². The molecule has 0 unspecified atom stereocenters. The molecule has 1 aromatic heterocycles. The fourth-order valence-electron chi connectivity index (χ4n) is 7.94. The second-order valence-electron chi connectivity index (χ2n) is 13.9. The molecular weight excluding hydrogens is 681 g/mol. The van der Waals surface area contributed by atoms with Crippen LogP contribution in [0.15, 0.2) is 194 Å². The second-order valence-corrected chi connectivity index (χ2v) is 13.9. The Hall–Kier alpha value is -7.74. The molecular formula is C52H32N4. The molecule has 0 spiro atoms. The van der Waals surface area contributed by atoms with Crippen molar-refractivity contribution in [2.75, 3.05) is 0 Å². The van der Waals surface area contributed by atoms with Gasteiger partial charge in [0.25, 0.3) is 0 Å². The summed E-state index contributed by atoms with van der Waals surface area (Å²) >= 11 is 0. The van der Waals surface area contributed by atoms with Gasteiger partial charge in [-0.15, -0.1) is 0 Å². The molecule has 56 heavy (non-hydrogen) atoms. The van der Waals surface area contributed by atoms with Crippen molar-refractivity contribution < 1.29 is 0 Å². The van der Waals surface area contributed by atoms with Crippen LogP contribution in [0.3, 0.4) is 0 Å². The number of nitriles is 1. The Bertz CT molecular complexity index is 3050. The van der Waals surface area contributed by atoms with E-state index in [2.05, 4.69) is 146 Å². The highest BCUT2D eigenvalue weighted by Crippen LogP contribution is 2.46. The molecule has 0 radical (unpaired) electrons. The zero-order chi connectivity index (χ0) is 37.4. The Labute approximate surface area is 324 Å². The lowest BCUT2D eigenvalue weighted by Gasteiger charge is -2.19. The lowest BCUT2D eigenvalue weighted by molar-refractivity contribution is 1.08. The highest BCUT2D eigenvalue weighted by molar-refractivity contribution is 6.24. The van der Waals surface area contributed by atoms with E-state index in [0.717, 1.165) is 33.0 Å². The maximum Gasteiger partial charge on any atom is 0.164 e. The molecule has 0 amide bonds. The first-order valence-corrected chi connectivity index (χ1v) is 18.7. The Morgan fingerprint density at radius 3 is 1.21 bits per heavy atom. The minimum absolute atomic E-state index is 0.552. The van der Waals surface area contributed by atoms with Crippen LogP contribution in [-0.2, 0) is 0 Å². The van der Waals surface area contributed by atoms with Gasteiger partial charge in [-0.2, -0.15) is 5.26 Å². The summed E-state index contributed by atoms with van der Waals surface area (Å²) in [6.07, 6.45) is 0. The lowest BCUT2D eigenvalue weighted by Crippen LogP contribution is -2.01. The fraction of sp³-hybridized carbons (Fsp3) is 0. The molecule has 0 aliphatic carbocycles. The van der Waals surface area contributed by atoms with Crippen LogP contribution < -0.4 is 0 Å². The highest BCUT2D eigenvalue weighted by Gasteiger charge is 2.20. The van der Waals surface area contributed by atoms with Gasteiger partial charge >= 0.3 is 0 Å². The summed E-state index contributed by atoms with van der Waals surface area (Å²) in [6, 6.07) is 69.6. The van der Waals surface area contributed by atoms with Gasteiger partial charge in [-0.25, -0.2) is 15.0 Å². The molecule has 0 saturated carbocycles. The van der Waals surface area contributed by atoms with Crippen LogP contribution in [0.2, 0.25) is 0 Å². The molecule has 0 aliphatic heterocycles. The molecule has 0 bridgehead atoms. The van der Waals surface area contributed by atoms with Gasteiger partial charge < -0.3 is 0 Å². The molecule has 0 saturated heterocycles. The number of rotatable bonds is 6.